The lowest BCUT2D eigenvalue weighted by Crippen LogP contribution is -2.39. The van der Waals surface area contributed by atoms with Gasteiger partial charge in [-0.25, -0.2) is 15.0 Å². The predicted molar refractivity (Wildman–Crippen MR) is 434 cm³/mol. The number of benzene rings is 5. The van der Waals surface area contributed by atoms with E-state index in [2.05, 4.69) is 207 Å². The lowest BCUT2D eigenvalue weighted by Gasteiger charge is -2.25. The summed E-state index contributed by atoms with van der Waals surface area (Å²) >= 11 is 3.13. The van der Waals surface area contributed by atoms with Gasteiger partial charge in [-0.05, 0) is 80.7 Å². The molecule has 7 N–H and O–H groups in total. The first-order valence-electron chi connectivity index (χ1n) is 35.9. The summed E-state index contributed by atoms with van der Waals surface area (Å²) in [7, 11) is 7.76. The van der Waals surface area contributed by atoms with E-state index in [4.69, 9.17) is 62.7 Å². The molecule has 3 heterocycles. The van der Waals surface area contributed by atoms with Crippen LogP contribution in [0.5, 0.6) is 0 Å². The second kappa shape index (κ2) is 41.6. The number of nitrogens with zero attached hydrogens (tertiary/aromatic N) is 11. The molecular formula is C86H115BrN14O6. The first-order chi connectivity index (χ1) is 49.8. The molecule has 3 aromatic heterocycles. The summed E-state index contributed by atoms with van der Waals surface area (Å²) in [6.07, 6.45) is 9.96. The second-order valence-corrected chi connectivity index (χ2v) is 32.3. The van der Waals surface area contributed by atoms with Crippen molar-refractivity contribution in [3.05, 3.63) is 196 Å². The van der Waals surface area contributed by atoms with E-state index >= 15 is 0 Å². The van der Waals surface area contributed by atoms with Gasteiger partial charge >= 0.3 is 0 Å². The maximum absolute atomic E-state index is 12.2. The van der Waals surface area contributed by atoms with Gasteiger partial charge in [0.2, 0.25) is 5.91 Å². The molecule has 0 unspecified atom stereocenters. The molecule has 572 valence electrons. The maximum atomic E-state index is 12.2. The van der Waals surface area contributed by atoms with E-state index in [1.807, 2.05) is 113 Å². The van der Waals surface area contributed by atoms with Crippen LogP contribution in [-0.4, -0.2) is 97.9 Å². The van der Waals surface area contributed by atoms with Crippen molar-refractivity contribution >= 4 is 51.0 Å². The average Bonchev–Trinajstić information content (AvgIpc) is 1.68. The normalized spacial score (nSPS) is 12.7. The molecule has 0 saturated heterocycles. The minimum atomic E-state index is -0.833. The summed E-state index contributed by atoms with van der Waals surface area (Å²) in [6, 6.07) is 46.4. The van der Waals surface area contributed by atoms with Gasteiger partial charge in [-0.1, -0.05) is 239 Å². The number of nitrogens with one attached hydrogen (secondary N) is 1. The molecule has 0 spiro atoms. The lowest BCUT2D eigenvalue weighted by atomic mass is 9.94. The Labute approximate surface area is 644 Å². The van der Waals surface area contributed by atoms with Gasteiger partial charge in [0.05, 0.1) is 53.0 Å². The number of carbonyl (C=O) groups excluding carboxylic acids is 3. The number of likely N-dealkylation sites (N-methyl/N-ethyl adjacent to an activating group) is 1. The van der Waals surface area contributed by atoms with E-state index in [1.54, 1.807) is 19.2 Å². The number of aliphatic carboxylic acids is 1. The third-order valence-corrected chi connectivity index (χ3v) is 17.5. The molecule has 0 fully saturated rings. The van der Waals surface area contributed by atoms with Crippen molar-refractivity contribution in [1.29, 1.82) is 21.2 Å². The largest absolute Gasteiger partial charge is 0.481 e. The molecule has 8 aromatic rings. The molecule has 0 saturated carbocycles. The van der Waals surface area contributed by atoms with Crippen LogP contribution in [0.2, 0.25) is 0 Å². The number of ketones is 2. The summed E-state index contributed by atoms with van der Waals surface area (Å²) in [4.78, 5) is 60.4. The summed E-state index contributed by atoms with van der Waals surface area (Å²) in [5.41, 5.74) is 24.0. The highest BCUT2D eigenvalue weighted by Gasteiger charge is 2.27. The minimum absolute atomic E-state index is 0.00759. The number of carbonyl (C=O) groups is 4. The van der Waals surface area contributed by atoms with Crippen molar-refractivity contribution in [1.82, 2.24) is 33.6 Å². The number of aromatic nitrogens is 6. The van der Waals surface area contributed by atoms with Gasteiger partial charge in [-0.3, -0.25) is 24.6 Å². The number of Topliss-reactive ketones (excluding diaryl/α,β-unsaturated/α-hetero) is 2. The van der Waals surface area contributed by atoms with E-state index < -0.39 is 11.4 Å². The van der Waals surface area contributed by atoms with Crippen molar-refractivity contribution in [3.63, 3.8) is 0 Å². The van der Waals surface area contributed by atoms with Crippen LogP contribution in [0, 0.1) is 74.4 Å². The number of carboxylic acid groups (broad SMARTS) is 1. The average molecular weight is 1520 g/mol. The summed E-state index contributed by atoms with van der Waals surface area (Å²) in [6.45, 7) is 35.8. The molecule has 0 aliphatic heterocycles. The van der Waals surface area contributed by atoms with Crippen molar-refractivity contribution in [2.75, 3.05) is 18.9 Å². The standard InChI is InChI=1S/C18H26N4O.C18H26N4.C18H23N3.C18H24N2O2.C12H12BrNO.C2H4O2/c1-12(16(19)21-23)10-13-6-8-14(9-7-13)15-11-22(5)17(20-15)18(2,3)4;1-12(16(19)20)10-13-6-8-14(9-7-13)15-11-22(5)17(21-15)18(2,3)4;1-13(11-19)10-14-6-8-15(9-7-14)16-12-21(5)17(20-16)18(2,3)4;1-13(11-19)10-14-6-8-15(9-7-14)16(21)12-20(5)17(22)18(2,3)4;1-9(8-14)6-10-2-4-11(5-3-10)12(15)7-13;1-2(3)4/h6-9,11-12,23H,10H2,1-5H3,(H2,19,21);6-9,11-12H,10H2,1-5H3,(H3,19,20);6-9,12-13H,10H2,1-5H3;6-9,13H,10,12H2,1-5H3;2-5,9H,6-7H2,1H3;1H3,(H,3,4)/t2*12-;2*13-;9-;/m00000./s1. The number of amides is 1. The quantitative estimate of drug-likeness (QED) is 0.0118. The van der Waals surface area contributed by atoms with Crippen LogP contribution >= 0.6 is 15.9 Å². The van der Waals surface area contributed by atoms with Gasteiger partial charge in [0.15, 0.2) is 11.6 Å². The number of oxime groups is 1. The zero-order valence-electron chi connectivity index (χ0n) is 67.1. The molecule has 20 nitrogen and oxygen atoms in total. The van der Waals surface area contributed by atoms with Crippen LogP contribution < -0.4 is 11.5 Å². The molecule has 5 atom stereocenters. The number of halogens is 1. The SMILES string of the molecule is CC(=O)O.C[C@@H](Cc1ccc(-c2cn(C)c(C(C)(C)C)n2)cc1)C(=N)N.C[C@@H](Cc1ccc(-c2cn(C)c(C(C)(C)C)n2)cc1)C(N)=NO.C[C@H](C#N)Cc1ccc(-c2cn(C)c(C(C)(C)C)n2)cc1.C[C@H](C#N)Cc1ccc(C(=O)CBr)cc1.C[C@H](C#N)Cc1ccc(C(=O)CN(C)C(=O)C(C)(C)C)cc1. The minimum Gasteiger partial charge on any atom is -0.481 e. The Bertz CT molecular complexity index is 4340. The Morgan fingerprint density at radius 3 is 1.00 bits per heavy atom. The number of hydrogen-bond donors (Lipinski definition) is 5. The number of imidazole rings is 3. The summed E-state index contributed by atoms with van der Waals surface area (Å²) < 4.78 is 6.28. The fourth-order valence-electron chi connectivity index (χ4n) is 11.2. The third-order valence-electron chi connectivity index (χ3n) is 17.0. The first kappa shape index (κ1) is 90.9. The topological polar surface area (TPSA) is 325 Å². The summed E-state index contributed by atoms with van der Waals surface area (Å²) in [5.74, 6) is 2.94. The predicted octanol–water partition coefficient (Wildman–Crippen LogP) is 17.0. The fourth-order valence-corrected chi connectivity index (χ4v) is 11.6. The monoisotopic (exact) mass is 1520 g/mol. The molecular weight excluding hydrogens is 1400 g/mol. The maximum Gasteiger partial charge on any atom is 0.300 e. The smallest absolute Gasteiger partial charge is 0.300 e. The Morgan fingerprint density at radius 2 is 0.766 bits per heavy atom. The van der Waals surface area contributed by atoms with Gasteiger partial charge in [0, 0.05) is 133 Å². The lowest BCUT2D eigenvalue weighted by molar-refractivity contribution is -0.137. The number of amidine groups is 2. The molecule has 5 aromatic carbocycles. The van der Waals surface area contributed by atoms with E-state index in [-0.39, 0.29) is 81.5 Å². The van der Waals surface area contributed by atoms with Crippen LogP contribution in [0.3, 0.4) is 0 Å². The molecule has 0 radical (unpaired) electrons. The molecule has 0 bridgehead atoms. The molecule has 0 aliphatic rings. The molecule has 1 amide bonds. The number of carboxylic acids is 1. The van der Waals surface area contributed by atoms with Crippen molar-refractivity contribution < 1.29 is 29.5 Å². The van der Waals surface area contributed by atoms with E-state index in [1.165, 1.54) is 16.0 Å². The van der Waals surface area contributed by atoms with Gasteiger partial charge < -0.3 is 40.4 Å². The Kier molecular flexibility index (Phi) is 35.3. The number of alkyl halides is 1. The van der Waals surface area contributed by atoms with E-state index in [9.17, 15) is 14.4 Å². The van der Waals surface area contributed by atoms with Gasteiger partial charge in [-0.2, -0.15) is 15.8 Å². The highest BCUT2D eigenvalue weighted by molar-refractivity contribution is 9.09. The van der Waals surface area contributed by atoms with Crippen LogP contribution in [0.25, 0.3) is 33.8 Å². The van der Waals surface area contributed by atoms with E-state index in [0.717, 1.165) is 101 Å². The van der Waals surface area contributed by atoms with Crippen LogP contribution in [0.15, 0.2) is 145 Å². The van der Waals surface area contributed by atoms with Crippen LogP contribution in [0.1, 0.15) is 191 Å². The number of hydrogen-bond acceptors (Lipinski definition) is 13. The summed E-state index contributed by atoms with van der Waals surface area (Å²) in [5, 5.41) is 53.4. The zero-order valence-corrected chi connectivity index (χ0v) is 68.7. The van der Waals surface area contributed by atoms with Gasteiger partial charge in [0.25, 0.3) is 5.97 Å². The molecule has 21 heteroatoms. The van der Waals surface area contributed by atoms with Gasteiger partial charge in [0.1, 0.15) is 23.3 Å². The van der Waals surface area contributed by atoms with Crippen molar-refractivity contribution in [2.45, 2.75) is 173 Å². The number of aryl methyl sites for hydroxylation is 3. The third kappa shape index (κ3) is 30.6. The van der Waals surface area contributed by atoms with Crippen molar-refractivity contribution in [3.8, 4) is 52.0 Å². The van der Waals surface area contributed by atoms with Crippen molar-refractivity contribution in [2.24, 2.45) is 72.8 Å². The Hall–Kier alpha value is -10.3. The molecule has 0 aliphatic carbocycles. The van der Waals surface area contributed by atoms with Crippen LogP contribution in [-0.2, 0) is 79.1 Å². The first-order valence-corrected chi connectivity index (χ1v) is 37.0. The fraction of sp³-hybridized carbons (Fsp3) is 0.442. The molecule has 107 heavy (non-hydrogen) atoms. The highest BCUT2D eigenvalue weighted by atomic mass is 79.9. The number of nitrogens with two attached hydrogens (primary N) is 2. The van der Waals surface area contributed by atoms with Gasteiger partial charge in [-0.15, -0.1) is 0 Å². The number of nitriles is 3. The highest BCUT2D eigenvalue weighted by Crippen LogP contribution is 2.30. The number of rotatable bonds is 20. The Balaban J connectivity index is 0.000000344. The second-order valence-electron chi connectivity index (χ2n) is 31.7. The zero-order chi connectivity index (χ0) is 81.1. The Morgan fingerprint density at radius 1 is 0.505 bits per heavy atom. The van der Waals surface area contributed by atoms with Crippen LogP contribution in [0.4, 0.5) is 0 Å². The van der Waals surface area contributed by atoms with E-state index in [0.29, 0.717) is 22.9 Å². The molecule has 8 rings (SSSR count).